The highest BCUT2D eigenvalue weighted by atomic mass is 32.2. The predicted octanol–water partition coefficient (Wildman–Crippen LogP) is -0.439. The van der Waals surface area contributed by atoms with E-state index in [1.807, 2.05) is 0 Å². The van der Waals surface area contributed by atoms with Crippen molar-refractivity contribution in [2.24, 2.45) is 0 Å². The Morgan fingerprint density at radius 3 is 2.69 bits per heavy atom. The Balaban J connectivity index is 2.49. The van der Waals surface area contributed by atoms with Crippen molar-refractivity contribution in [2.75, 3.05) is 12.8 Å². The second-order valence-corrected chi connectivity index (χ2v) is 3.88. The minimum Gasteiger partial charge on any atom is -0.481 e. The molecule has 1 aliphatic heterocycles. The Morgan fingerprint density at radius 2 is 2.31 bits per heavy atom. The lowest BCUT2D eigenvalue weighted by Gasteiger charge is -2.06. The van der Waals surface area contributed by atoms with Crippen molar-refractivity contribution in [3.8, 4) is 0 Å². The first kappa shape index (κ1) is 10.0. The van der Waals surface area contributed by atoms with Crippen LogP contribution in [-0.2, 0) is 14.4 Å². The number of carboxylic acid groups (broad SMARTS) is 1. The molecular weight excluding hydrogens is 194 g/mol. The molecule has 0 bridgehead atoms. The van der Waals surface area contributed by atoms with Gasteiger partial charge in [-0.1, -0.05) is 0 Å². The van der Waals surface area contributed by atoms with E-state index in [2.05, 4.69) is 0 Å². The van der Waals surface area contributed by atoms with E-state index >= 15 is 0 Å². The molecule has 72 valence electrons. The van der Waals surface area contributed by atoms with Crippen molar-refractivity contribution in [1.29, 1.82) is 0 Å². The number of carboxylic acids is 1. The molecule has 2 amide bonds. The number of likely N-dealkylation sites (tertiary alicyclic amines) is 1. The number of imide groups is 1. The van der Waals surface area contributed by atoms with Crippen LogP contribution in [0.4, 0.5) is 0 Å². The molecule has 0 aliphatic carbocycles. The topological polar surface area (TPSA) is 74.7 Å². The van der Waals surface area contributed by atoms with Crippen molar-refractivity contribution in [3.63, 3.8) is 0 Å². The van der Waals surface area contributed by atoms with Crippen LogP contribution in [0.2, 0.25) is 0 Å². The molecule has 0 spiro atoms. The van der Waals surface area contributed by atoms with Crippen LogP contribution < -0.4 is 0 Å². The molecule has 0 radical (unpaired) electrons. The van der Waals surface area contributed by atoms with Crippen LogP contribution in [0.5, 0.6) is 0 Å². The number of amides is 2. The maximum atomic E-state index is 11.2. The summed E-state index contributed by atoms with van der Waals surface area (Å²) in [5.74, 6) is -1.65. The first-order valence-electron chi connectivity index (χ1n) is 3.66. The summed E-state index contributed by atoms with van der Waals surface area (Å²) in [7, 11) is 1.41. The van der Waals surface area contributed by atoms with Gasteiger partial charge in [-0.05, 0) is 0 Å². The van der Waals surface area contributed by atoms with Crippen LogP contribution >= 0.6 is 11.8 Å². The summed E-state index contributed by atoms with van der Waals surface area (Å²) >= 11 is 0.996. The summed E-state index contributed by atoms with van der Waals surface area (Å²) in [4.78, 5) is 33.4. The van der Waals surface area contributed by atoms with E-state index in [1.54, 1.807) is 0 Å². The molecule has 0 aromatic heterocycles. The highest BCUT2D eigenvalue weighted by Gasteiger charge is 2.36. The van der Waals surface area contributed by atoms with Gasteiger partial charge in [0.15, 0.2) is 0 Å². The fourth-order valence-corrected chi connectivity index (χ4v) is 1.93. The Bertz CT molecular complexity index is 265. The third-order valence-corrected chi connectivity index (χ3v) is 2.93. The molecule has 1 aliphatic rings. The van der Waals surface area contributed by atoms with Gasteiger partial charge in [0.1, 0.15) is 0 Å². The number of nitrogens with zero attached hydrogens (tertiary/aromatic N) is 1. The van der Waals surface area contributed by atoms with Crippen LogP contribution in [0.3, 0.4) is 0 Å². The summed E-state index contributed by atoms with van der Waals surface area (Å²) in [5.41, 5.74) is 0. The fraction of sp³-hybridized carbons (Fsp3) is 0.571. The van der Waals surface area contributed by atoms with Gasteiger partial charge >= 0.3 is 5.97 Å². The molecule has 1 saturated heterocycles. The van der Waals surface area contributed by atoms with E-state index in [-0.39, 0.29) is 24.0 Å². The Morgan fingerprint density at radius 1 is 1.69 bits per heavy atom. The number of thioether (sulfide) groups is 1. The van der Waals surface area contributed by atoms with Crippen LogP contribution in [0.1, 0.15) is 6.42 Å². The smallest absolute Gasteiger partial charge is 0.313 e. The maximum absolute atomic E-state index is 11.2. The zero-order valence-electron chi connectivity index (χ0n) is 7.02. The maximum Gasteiger partial charge on any atom is 0.313 e. The molecule has 0 aromatic carbocycles. The van der Waals surface area contributed by atoms with Gasteiger partial charge in [0.05, 0.1) is 11.0 Å². The molecule has 1 heterocycles. The number of hydrogen-bond donors (Lipinski definition) is 1. The Labute approximate surface area is 79.1 Å². The van der Waals surface area contributed by atoms with Gasteiger partial charge in [-0.15, -0.1) is 11.8 Å². The van der Waals surface area contributed by atoms with Gasteiger partial charge in [-0.3, -0.25) is 19.3 Å². The fourth-order valence-electron chi connectivity index (χ4n) is 1.02. The predicted molar refractivity (Wildman–Crippen MR) is 46.3 cm³/mol. The van der Waals surface area contributed by atoms with E-state index in [4.69, 9.17) is 5.11 Å². The molecule has 6 heteroatoms. The molecule has 1 fully saturated rings. The van der Waals surface area contributed by atoms with E-state index in [1.165, 1.54) is 7.05 Å². The summed E-state index contributed by atoms with van der Waals surface area (Å²) in [6, 6.07) is 0. The van der Waals surface area contributed by atoms with E-state index in [0.29, 0.717) is 0 Å². The molecule has 5 nitrogen and oxygen atoms in total. The number of carbonyl (C=O) groups is 3. The average molecular weight is 203 g/mol. The van der Waals surface area contributed by atoms with Gasteiger partial charge in [-0.2, -0.15) is 0 Å². The normalized spacial score (nSPS) is 22.5. The summed E-state index contributed by atoms with van der Waals surface area (Å²) in [5, 5.41) is 7.86. The SMILES string of the molecule is CN1C(=O)CC(SCC(=O)O)C1=O. The van der Waals surface area contributed by atoms with Gasteiger partial charge in [-0.25, -0.2) is 0 Å². The van der Waals surface area contributed by atoms with Crippen molar-refractivity contribution >= 4 is 29.5 Å². The molecule has 1 atom stereocenters. The molecule has 0 aromatic rings. The van der Waals surface area contributed by atoms with Crippen LogP contribution in [0.25, 0.3) is 0 Å². The second-order valence-electron chi connectivity index (χ2n) is 2.69. The third-order valence-electron chi connectivity index (χ3n) is 1.75. The van der Waals surface area contributed by atoms with Crippen LogP contribution in [0.15, 0.2) is 0 Å². The molecule has 1 N–H and O–H groups in total. The zero-order chi connectivity index (χ0) is 10.0. The first-order chi connectivity index (χ1) is 6.02. The number of carbonyl (C=O) groups excluding carboxylic acids is 2. The lowest BCUT2D eigenvalue weighted by Crippen LogP contribution is -2.26. The van der Waals surface area contributed by atoms with Crippen molar-refractivity contribution in [2.45, 2.75) is 11.7 Å². The van der Waals surface area contributed by atoms with E-state index in [0.717, 1.165) is 16.7 Å². The highest BCUT2D eigenvalue weighted by Crippen LogP contribution is 2.23. The van der Waals surface area contributed by atoms with Crippen LogP contribution in [-0.4, -0.2) is 45.8 Å². The monoisotopic (exact) mass is 203 g/mol. The van der Waals surface area contributed by atoms with Gasteiger partial charge in [0, 0.05) is 13.5 Å². The largest absolute Gasteiger partial charge is 0.481 e. The van der Waals surface area contributed by atoms with Crippen molar-refractivity contribution < 1.29 is 19.5 Å². The third kappa shape index (κ3) is 2.21. The number of rotatable bonds is 3. The average Bonchev–Trinajstić information content (AvgIpc) is 2.29. The van der Waals surface area contributed by atoms with Crippen molar-refractivity contribution in [1.82, 2.24) is 4.90 Å². The minimum atomic E-state index is -0.972. The Kier molecular flexibility index (Phi) is 2.92. The summed E-state index contributed by atoms with van der Waals surface area (Å²) in [6.45, 7) is 0. The van der Waals surface area contributed by atoms with E-state index in [9.17, 15) is 14.4 Å². The highest BCUT2D eigenvalue weighted by molar-refractivity contribution is 8.01. The molecule has 13 heavy (non-hydrogen) atoms. The summed E-state index contributed by atoms with van der Waals surface area (Å²) in [6.07, 6.45) is 0.118. The first-order valence-corrected chi connectivity index (χ1v) is 4.71. The van der Waals surface area contributed by atoms with Gasteiger partial charge in [0.2, 0.25) is 11.8 Å². The second kappa shape index (κ2) is 3.78. The standard InChI is InChI=1S/C7H9NO4S/c1-8-5(9)2-4(7(8)12)13-3-6(10)11/h4H,2-3H2,1H3,(H,10,11). The number of aliphatic carboxylic acids is 1. The molecule has 1 unspecified atom stereocenters. The molecule has 0 saturated carbocycles. The lowest BCUT2D eigenvalue weighted by molar-refractivity contribution is -0.136. The molecular formula is C7H9NO4S. The number of hydrogen-bond acceptors (Lipinski definition) is 4. The lowest BCUT2D eigenvalue weighted by atomic mass is 10.4. The molecule has 1 rings (SSSR count). The minimum absolute atomic E-state index is 0.118. The Hall–Kier alpha value is -1.04. The summed E-state index contributed by atoms with van der Waals surface area (Å²) < 4.78 is 0. The van der Waals surface area contributed by atoms with Crippen LogP contribution in [0, 0.1) is 0 Å². The quantitative estimate of drug-likeness (QED) is 0.629. The van der Waals surface area contributed by atoms with Gasteiger partial charge in [0.25, 0.3) is 0 Å². The van der Waals surface area contributed by atoms with E-state index < -0.39 is 11.2 Å². The van der Waals surface area contributed by atoms with Crippen molar-refractivity contribution in [3.05, 3.63) is 0 Å². The van der Waals surface area contributed by atoms with Gasteiger partial charge < -0.3 is 5.11 Å². The zero-order valence-corrected chi connectivity index (χ0v) is 7.84.